The number of carbonyl (C=O) groups excluding carboxylic acids is 1. The quantitative estimate of drug-likeness (QED) is 0.856. The van der Waals surface area contributed by atoms with E-state index in [2.05, 4.69) is 15.6 Å². The zero-order valence-corrected chi connectivity index (χ0v) is 10.8. The van der Waals surface area contributed by atoms with Gasteiger partial charge in [-0.2, -0.15) is 0 Å². The van der Waals surface area contributed by atoms with Crippen LogP contribution in [0, 0.1) is 0 Å². The molecule has 2 amide bonds. The van der Waals surface area contributed by atoms with E-state index in [1.165, 1.54) is 0 Å². The first-order chi connectivity index (χ1) is 8.44. The molecule has 1 aromatic carbocycles. The second-order valence-corrected chi connectivity index (χ2v) is 5.13. The fourth-order valence-corrected chi connectivity index (χ4v) is 1.54. The average Bonchev–Trinajstić information content (AvgIpc) is 2.66. The van der Waals surface area contributed by atoms with E-state index in [1.807, 2.05) is 45.0 Å². The van der Waals surface area contributed by atoms with Crippen molar-refractivity contribution in [3.05, 3.63) is 30.2 Å². The number of rotatable bonds is 2. The molecule has 18 heavy (non-hydrogen) atoms. The number of hydrogen-bond donors (Lipinski definition) is 2. The number of urea groups is 1. The van der Waals surface area contributed by atoms with Crippen molar-refractivity contribution < 1.29 is 9.21 Å². The number of fused-ring (bicyclic) bond motifs is 1. The summed E-state index contributed by atoms with van der Waals surface area (Å²) in [6.07, 6.45) is 0. The van der Waals surface area contributed by atoms with Crippen LogP contribution in [0.5, 0.6) is 0 Å². The van der Waals surface area contributed by atoms with Crippen LogP contribution < -0.4 is 10.6 Å². The van der Waals surface area contributed by atoms with Gasteiger partial charge in [-0.1, -0.05) is 12.1 Å². The molecular weight excluding hydrogens is 230 g/mol. The van der Waals surface area contributed by atoms with Crippen LogP contribution in [0.15, 0.2) is 28.7 Å². The van der Waals surface area contributed by atoms with E-state index in [4.69, 9.17) is 4.42 Å². The van der Waals surface area contributed by atoms with Crippen molar-refractivity contribution in [1.82, 2.24) is 15.6 Å². The Balaban J connectivity index is 1.96. The van der Waals surface area contributed by atoms with E-state index in [-0.39, 0.29) is 18.1 Å². The molecule has 0 saturated heterocycles. The van der Waals surface area contributed by atoms with Gasteiger partial charge in [0.25, 0.3) is 0 Å². The topological polar surface area (TPSA) is 67.2 Å². The molecule has 0 radical (unpaired) electrons. The molecule has 5 nitrogen and oxygen atoms in total. The molecule has 0 bridgehead atoms. The van der Waals surface area contributed by atoms with Crippen LogP contribution in [0.2, 0.25) is 0 Å². The maximum Gasteiger partial charge on any atom is 0.315 e. The van der Waals surface area contributed by atoms with E-state index >= 15 is 0 Å². The summed E-state index contributed by atoms with van der Waals surface area (Å²) < 4.78 is 5.49. The van der Waals surface area contributed by atoms with Crippen LogP contribution in [0.25, 0.3) is 11.1 Å². The predicted octanol–water partition coefficient (Wildman–Crippen LogP) is 2.43. The molecule has 0 fully saturated rings. The number of benzene rings is 1. The van der Waals surface area contributed by atoms with Crippen LogP contribution in [0.1, 0.15) is 26.7 Å². The second kappa shape index (κ2) is 4.68. The van der Waals surface area contributed by atoms with Crippen molar-refractivity contribution in [3.8, 4) is 0 Å². The smallest absolute Gasteiger partial charge is 0.315 e. The lowest BCUT2D eigenvalue weighted by molar-refractivity contribution is 0.230. The minimum atomic E-state index is -0.259. The largest absolute Gasteiger partial charge is 0.439 e. The third-order valence-electron chi connectivity index (χ3n) is 2.23. The van der Waals surface area contributed by atoms with Gasteiger partial charge in [0.05, 0.1) is 6.54 Å². The Hall–Kier alpha value is -2.04. The molecule has 0 aliphatic rings. The van der Waals surface area contributed by atoms with Gasteiger partial charge in [-0.25, -0.2) is 9.78 Å². The number of nitrogens with zero attached hydrogens (tertiary/aromatic N) is 1. The van der Waals surface area contributed by atoms with Crippen LogP contribution in [-0.2, 0) is 6.54 Å². The van der Waals surface area contributed by atoms with Crippen molar-refractivity contribution in [1.29, 1.82) is 0 Å². The molecule has 5 heteroatoms. The van der Waals surface area contributed by atoms with Gasteiger partial charge in [-0.05, 0) is 32.9 Å². The van der Waals surface area contributed by atoms with Crippen molar-refractivity contribution in [2.24, 2.45) is 0 Å². The Morgan fingerprint density at radius 3 is 2.72 bits per heavy atom. The maximum atomic E-state index is 11.6. The summed E-state index contributed by atoms with van der Waals surface area (Å²) in [7, 11) is 0. The summed E-state index contributed by atoms with van der Waals surface area (Å²) in [5.41, 5.74) is 1.27. The normalized spacial score (nSPS) is 11.5. The molecule has 2 aromatic rings. The first-order valence-corrected chi connectivity index (χ1v) is 5.84. The summed E-state index contributed by atoms with van der Waals surface area (Å²) in [5.74, 6) is 0.500. The third-order valence-corrected chi connectivity index (χ3v) is 2.23. The maximum absolute atomic E-state index is 11.6. The molecular formula is C13H17N3O2. The fourth-order valence-electron chi connectivity index (χ4n) is 1.54. The molecule has 0 spiro atoms. The lowest BCUT2D eigenvalue weighted by Crippen LogP contribution is -2.46. The minimum Gasteiger partial charge on any atom is -0.439 e. The van der Waals surface area contributed by atoms with Crippen LogP contribution >= 0.6 is 0 Å². The minimum absolute atomic E-state index is 0.232. The Bertz CT molecular complexity index is 522. The zero-order chi connectivity index (χ0) is 13.2. The Morgan fingerprint density at radius 1 is 1.33 bits per heavy atom. The molecule has 0 aliphatic heterocycles. The highest BCUT2D eigenvalue weighted by Crippen LogP contribution is 2.14. The lowest BCUT2D eigenvalue weighted by Gasteiger charge is -2.20. The zero-order valence-electron chi connectivity index (χ0n) is 10.8. The molecule has 0 unspecified atom stereocenters. The third kappa shape index (κ3) is 3.23. The average molecular weight is 247 g/mol. The summed E-state index contributed by atoms with van der Waals surface area (Å²) in [5, 5.41) is 5.51. The lowest BCUT2D eigenvalue weighted by atomic mass is 10.1. The number of carbonyl (C=O) groups is 1. The summed E-state index contributed by atoms with van der Waals surface area (Å²) in [6, 6.07) is 7.27. The SMILES string of the molecule is CC(C)(C)NC(=O)NCc1nc2ccccc2o1. The predicted molar refractivity (Wildman–Crippen MR) is 69.1 cm³/mol. The Morgan fingerprint density at radius 2 is 2.06 bits per heavy atom. The van der Waals surface area contributed by atoms with Crippen molar-refractivity contribution >= 4 is 17.1 Å². The van der Waals surface area contributed by atoms with Gasteiger partial charge < -0.3 is 15.1 Å². The van der Waals surface area contributed by atoms with Crippen LogP contribution in [0.3, 0.4) is 0 Å². The van der Waals surface area contributed by atoms with Gasteiger partial charge in [-0.15, -0.1) is 0 Å². The number of para-hydroxylation sites is 2. The monoisotopic (exact) mass is 247 g/mol. The standard InChI is InChI=1S/C13H17N3O2/c1-13(2,3)16-12(17)14-8-11-15-9-6-4-5-7-10(9)18-11/h4-7H,8H2,1-3H3,(H2,14,16,17). The molecule has 1 aromatic heterocycles. The van der Waals surface area contributed by atoms with Gasteiger partial charge in [0.1, 0.15) is 5.52 Å². The van der Waals surface area contributed by atoms with Crippen molar-refractivity contribution in [2.45, 2.75) is 32.9 Å². The highest BCUT2D eigenvalue weighted by atomic mass is 16.3. The molecule has 0 atom stereocenters. The van der Waals surface area contributed by atoms with E-state index in [1.54, 1.807) is 0 Å². The first kappa shape index (κ1) is 12.4. The Kier molecular flexibility index (Phi) is 3.23. The fraction of sp³-hybridized carbons (Fsp3) is 0.385. The molecule has 96 valence electrons. The Labute approximate surface area is 106 Å². The summed E-state index contributed by atoms with van der Waals surface area (Å²) in [4.78, 5) is 15.8. The van der Waals surface area contributed by atoms with Gasteiger partial charge >= 0.3 is 6.03 Å². The van der Waals surface area contributed by atoms with Gasteiger partial charge in [0.2, 0.25) is 5.89 Å². The van der Waals surface area contributed by atoms with Gasteiger partial charge in [0.15, 0.2) is 5.58 Å². The summed E-state index contributed by atoms with van der Waals surface area (Å²) >= 11 is 0. The molecule has 1 heterocycles. The number of amides is 2. The highest BCUT2D eigenvalue weighted by Gasteiger charge is 2.14. The number of oxazole rings is 1. The van der Waals surface area contributed by atoms with Gasteiger partial charge in [-0.3, -0.25) is 0 Å². The van der Waals surface area contributed by atoms with Crippen molar-refractivity contribution in [3.63, 3.8) is 0 Å². The number of nitrogens with one attached hydrogen (secondary N) is 2. The first-order valence-electron chi connectivity index (χ1n) is 5.84. The molecule has 0 saturated carbocycles. The van der Waals surface area contributed by atoms with E-state index in [0.29, 0.717) is 5.89 Å². The molecule has 0 aliphatic carbocycles. The summed E-state index contributed by atoms with van der Waals surface area (Å²) in [6.45, 7) is 6.04. The number of hydrogen-bond acceptors (Lipinski definition) is 3. The van der Waals surface area contributed by atoms with Crippen LogP contribution in [-0.4, -0.2) is 16.6 Å². The molecule has 2 rings (SSSR count). The van der Waals surface area contributed by atoms with E-state index in [9.17, 15) is 4.79 Å². The van der Waals surface area contributed by atoms with E-state index in [0.717, 1.165) is 11.1 Å². The molecule has 2 N–H and O–H groups in total. The second-order valence-electron chi connectivity index (χ2n) is 5.13. The van der Waals surface area contributed by atoms with Crippen LogP contribution in [0.4, 0.5) is 4.79 Å². The highest BCUT2D eigenvalue weighted by molar-refractivity contribution is 5.75. The van der Waals surface area contributed by atoms with E-state index < -0.39 is 0 Å². The van der Waals surface area contributed by atoms with Crippen molar-refractivity contribution in [2.75, 3.05) is 0 Å². The van der Waals surface area contributed by atoms with Gasteiger partial charge in [0, 0.05) is 5.54 Å². The number of aromatic nitrogens is 1.